The molecule has 0 spiro atoms. The largest absolute Gasteiger partial charge is 0.427 e. The van der Waals surface area contributed by atoms with E-state index in [4.69, 9.17) is 13.8 Å². The molecule has 0 aliphatic carbocycles. The summed E-state index contributed by atoms with van der Waals surface area (Å²) in [6.07, 6.45) is -0.723. The first-order chi connectivity index (χ1) is 11.6. The van der Waals surface area contributed by atoms with E-state index in [-0.39, 0.29) is 13.2 Å². The van der Waals surface area contributed by atoms with Crippen LogP contribution in [0.5, 0.6) is 0 Å². The van der Waals surface area contributed by atoms with Gasteiger partial charge < -0.3 is 13.8 Å². The Bertz CT molecular complexity index is 667. The molecular formula is C16H20NO5PS. The first kappa shape index (κ1) is 18.7. The van der Waals surface area contributed by atoms with Crippen LogP contribution in [0.1, 0.15) is 24.6 Å². The molecule has 1 aromatic carbocycles. The number of hydrogen-bond donors (Lipinski definition) is 1. The van der Waals surface area contributed by atoms with Crippen molar-refractivity contribution in [3.63, 3.8) is 0 Å². The molecule has 130 valence electrons. The third-order valence-corrected chi connectivity index (χ3v) is 6.22. The minimum Gasteiger partial charge on any atom is -0.427 e. The van der Waals surface area contributed by atoms with Crippen LogP contribution in [0.2, 0.25) is 0 Å². The molecule has 0 radical (unpaired) electrons. The average Bonchev–Trinajstić information content (AvgIpc) is 3.08. The van der Waals surface area contributed by atoms with Crippen molar-refractivity contribution in [3.8, 4) is 0 Å². The minimum atomic E-state index is -3.65. The summed E-state index contributed by atoms with van der Waals surface area (Å²) in [5, 5.41) is 4.41. The summed E-state index contributed by atoms with van der Waals surface area (Å²) in [5.41, 5.74) is 0.579. The Kier molecular flexibility index (Phi) is 6.99. The summed E-state index contributed by atoms with van der Waals surface area (Å²) >= 11 is 1.32. The van der Waals surface area contributed by atoms with Crippen LogP contribution in [0.4, 0.5) is 10.5 Å². The molecule has 2 aromatic rings. The van der Waals surface area contributed by atoms with E-state index in [1.54, 1.807) is 50.2 Å². The van der Waals surface area contributed by atoms with Gasteiger partial charge in [-0.2, -0.15) is 0 Å². The zero-order valence-electron chi connectivity index (χ0n) is 13.5. The van der Waals surface area contributed by atoms with Gasteiger partial charge in [0.1, 0.15) is 0 Å². The fourth-order valence-corrected chi connectivity index (χ4v) is 4.91. The molecule has 0 aliphatic heterocycles. The van der Waals surface area contributed by atoms with Gasteiger partial charge in [-0.3, -0.25) is 9.88 Å². The van der Waals surface area contributed by atoms with Crippen molar-refractivity contribution >= 4 is 30.7 Å². The number of amides is 1. The van der Waals surface area contributed by atoms with E-state index in [1.165, 1.54) is 11.3 Å². The molecule has 0 saturated heterocycles. The summed E-state index contributed by atoms with van der Waals surface area (Å²) in [4.78, 5) is 12.8. The van der Waals surface area contributed by atoms with Gasteiger partial charge in [-0.1, -0.05) is 24.3 Å². The van der Waals surface area contributed by atoms with Gasteiger partial charge in [0, 0.05) is 5.69 Å². The zero-order chi connectivity index (χ0) is 17.4. The van der Waals surface area contributed by atoms with Crippen molar-refractivity contribution in [1.82, 2.24) is 0 Å². The molecule has 6 nitrogen and oxygen atoms in total. The maximum Gasteiger partial charge on any atom is 0.412 e. The fourth-order valence-electron chi connectivity index (χ4n) is 2.01. The van der Waals surface area contributed by atoms with Crippen molar-refractivity contribution in [2.75, 3.05) is 18.5 Å². The summed E-state index contributed by atoms with van der Waals surface area (Å²) in [7, 11) is -3.65. The van der Waals surface area contributed by atoms with Crippen LogP contribution in [0, 0.1) is 0 Å². The second kappa shape index (κ2) is 8.99. The Morgan fingerprint density at radius 3 is 2.33 bits per heavy atom. The summed E-state index contributed by atoms with van der Waals surface area (Å²) in [6, 6.07) is 12.4. The van der Waals surface area contributed by atoms with E-state index < -0.39 is 19.5 Å². The highest BCUT2D eigenvalue weighted by atomic mass is 32.1. The van der Waals surface area contributed by atoms with Crippen LogP contribution < -0.4 is 5.32 Å². The van der Waals surface area contributed by atoms with Gasteiger partial charge in [0.15, 0.2) is 0 Å². The number of rotatable bonds is 8. The third kappa shape index (κ3) is 4.92. The van der Waals surface area contributed by atoms with Crippen LogP contribution in [0.25, 0.3) is 0 Å². The van der Waals surface area contributed by atoms with Crippen molar-refractivity contribution < 1.29 is 23.1 Å². The Hall–Kier alpha value is -1.66. The van der Waals surface area contributed by atoms with Gasteiger partial charge in [0.05, 0.1) is 18.1 Å². The second-order valence-electron chi connectivity index (χ2n) is 4.64. The molecule has 0 fully saturated rings. The van der Waals surface area contributed by atoms with Crippen molar-refractivity contribution in [3.05, 3.63) is 52.7 Å². The lowest BCUT2D eigenvalue weighted by atomic mass is 10.3. The topological polar surface area (TPSA) is 73.9 Å². The number of carbonyl (C=O) groups excluding carboxylic acids is 1. The van der Waals surface area contributed by atoms with E-state index in [2.05, 4.69) is 5.32 Å². The summed E-state index contributed by atoms with van der Waals surface area (Å²) in [6.45, 7) is 3.79. The van der Waals surface area contributed by atoms with Crippen LogP contribution in [-0.4, -0.2) is 19.3 Å². The highest BCUT2D eigenvalue weighted by Gasteiger charge is 2.41. The quantitative estimate of drug-likeness (QED) is 0.642. The van der Waals surface area contributed by atoms with E-state index in [9.17, 15) is 9.36 Å². The molecule has 1 unspecified atom stereocenters. The lowest BCUT2D eigenvalue weighted by Gasteiger charge is -2.25. The fraction of sp³-hybridized carbons (Fsp3) is 0.312. The molecule has 0 aliphatic rings. The minimum absolute atomic E-state index is 0.183. The Morgan fingerprint density at radius 2 is 1.79 bits per heavy atom. The molecule has 1 N–H and O–H groups in total. The third-order valence-electron chi connectivity index (χ3n) is 2.93. The normalized spacial score (nSPS) is 12.6. The molecule has 0 bridgehead atoms. The lowest BCUT2D eigenvalue weighted by Crippen LogP contribution is -2.19. The smallest absolute Gasteiger partial charge is 0.412 e. The molecule has 8 heteroatoms. The Balaban J connectivity index is 2.20. The van der Waals surface area contributed by atoms with Crippen molar-refractivity contribution in [1.29, 1.82) is 0 Å². The van der Waals surface area contributed by atoms with Gasteiger partial charge >= 0.3 is 13.7 Å². The molecule has 2 rings (SSSR count). The molecule has 1 amide bonds. The molecule has 0 saturated carbocycles. The predicted molar refractivity (Wildman–Crippen MR) is 94.5 cm³/mol. The van der Waals surface area contributed by atoms with Crippen molar-refractivity contribution in [2.24, 2.45) is 0 Å². The van der Waals surface area contributed by atoms with E-state index >= 15 is 0 Å². The molecule has 1 heterocycles. The van der Waals surface area contributed by atoms with Crippen molar-refractivity contribution in [2.45, 2.75) is 19.7 Å². The standard InChI is InChI=1S/C16H20NO5PS/c1-3-20-23(19,21-4-2)15(14-11-8-12-24-14)22-16(18)17-13-9-6-5-7-10-13/h5-12,15H,3-4H2,1-2H3,(H,17,18). The van der Waals surface area contributed by atoms with Gasteiger partial charge in [-0.25, -0.2) is 4.79 Å². The molecular weight excluding hydrogens is 349 g/mol. The number of carbonyl (C=O) groups is 1. The van der Waals surface area contributed by atoms with Crippen LogP contribution in [-0.2, 0) is 18.3 Å². The number of hydrogen-bond acceptors (Lipinski definition) is 6. The average molecular weight is 369 g/mol. The number of ether oxygens (including phenoxy) is 1. The van der Waals surface area contributed by atoms with Crippen LogP contribution in [0.3, 0.4) is 0 Å². The highest BCUT2D eigenvalue weighted by molar-refractivity contribution is 7.54. The van der Waals surface area contributed by atoms with Gasteiger partial charge in [-0.15, -0.1) is 11.3 Å². The number of anilines is 1. The second-order valence-corrected chi connectivity index (χ2v) is 7.68. The zero-order valence-corrected chi connectivity index (χ0v) is 15.2. The predicted octanol–water partition coefficient (Wildman–Crippen LogP) is 5.26. The SMILES string of the molecule is CCOP(=O)(OCC)C(OC(=O)Nc1ccccc1)c1cccs1. The lowest BCUT2D eigenvalue weighted by molar-refractivity contribution is 0.114. The van der Waals surface area contributed by atoms with E-state index in [1.807, 2.05) is 11.4 Å². The summed E-state index contributed by atoms with van der Waals surface area (Å²) < 4.78 is 29.2. The van der Waals surface area contributed by atoms with Crippen LogP contribution >= 0.6 is 18.9 Å². The monoisotopic (exact) mass is 369 g/mol. The number of thiophene rings is 1. The summed E-state index contributed by atoms with van der Waals surface area (Å²) in [5.74, 6) is -1.11. The molecule has 1 atom stereocenters. The number of para-hydroxylation sites is 1. The number of benzene rings is 1. The maximum atomic E-state index is 13.1. The Morgan fingerprint density at radius 1 is 1.12 bits per heavy atom. The first-order valence-electron chi connectivity index (χ1n) is 7.54. The first-order valence-corrected chi connectivity index (χ1v) is 10.0. The highest BCUT2D eigenvalue weighted by Crippen LogP contribution is 2.62. The molecule has 1 aromatic heterocycles. The van der Waals surface area contributed by atoms with Crippen LogP contribution in [0.15, 0.2) is 47.8 Å². The maximum absolute atomic E-state index is 13.1. The van der Waals surface area contributed by atoms with E-state index in [0.29, 0.717) is 10.6 Å². The van der Waals surface area contributed by atoms with Gasteiger partial charge in [0.2, 0.25) is 5.85 Å². The van der Waals surface area contributed by atoms with Gasteiger partial charge in [-0.05, 0) is 37.4 Å². The Labute approximate surface area is 145 Å². The molecule has 24 heavy (non-hydrogen) atoms. The van der Waals surface area contributed by atoms with Gasteiger partial charge in [0.25, 0.3) is 0 Å². The van der Waals surface area contributed by atoms with E-state index in [0.717, 1.165) is 0 Å². The number of nitrogens with one attached hydrogen (secondary N) is 1.